The summed E-state index contributed by atoms with van der Waals surface area (Å²) in [4.78, 5) is 12.0. The predicted molar refractivity (Wildman–Crippen MR) is 71.9 cm³/mol. The molecule has 0 bridgehead atoms. The molecule has 1 amide bonds. The van der Waals surface area contributed by atoms with E-state index in [2.05, 4.69) is 16.7 Å². The summed E-state index contributed by atoms with van der Waals surface area (Å²) in [6.45, 7) is 7.77. The van der Waals surface area contributed by atoms with E-state index in [0.717, 1.165) is 25.7 Å². The average Bonchev–Trinajstić information content (AvgIpc) is 2.27. The van der Waals surface area contributed by atoms with Gasteiger partial charge in [0.15, 0.2) is 0 Å². The van der Waals surface area contributed by atoms with Gasteiger partial charge in [0.1, 0.15) is 0 Å². The molecular weight excluding hydrogens is 226 g/mol. The van der Waals surface area contributed by atoms with Gasteiger partial charge < -0.3 is 10.6 Å². The summed E-state index contributed by atoms with van der Waals surface area (Å²) < 4.78 is 0. The zero-order chi connectivity index (χ0) is 13.8. The molecule has 0 aromatic carbocycles. The van der Waals surface area contributed by atoms with Gasteiger partial charge in [-0.05, 0) is 40.5 Å². The lowest BCUT2D eigenvalue weighted by atomic mass is 9.85. The second-order valence-electron chi connectivity index (χ2n) is 6.25. The lowest BCUT2D eigenvalue weighted by Gasteiger charge is -2.31. The fraction of sp³-hybridized carbons (Fsp3) is 0.857. The molecule has 0 radical (unpaired) electrons. The summed E-state index contributed by atoms with van der Waals surface area (Å²) in [6.07, 6.45) is 4.20. The van der Waals surface area contributed by atoms with Crippen LogP contribution in [-0.2, 0) is 4.79 Å². The third kappa shape index (κ3) is 4.66. The maximum Gasteiger partial charge on any atom is 0.237 e. The molecule has 4 heteroatoms. The molecule has 1 aliphatic carbocycles. The van der Waals surface area contributed by atoms with E-state index in [-0.39, 0.29) is 29.4 Å². The number of hydrogen-bond acceptors (Lipinski definition) is 3. The van der Waals surface area contributed by atoms with Crippen LogP contribution >= 0.6 is 0 Å². The van der Waals surface area contributed by atoms with Gasteiger partial charge in [-0.25, -0.2) is 0 Å². The first kappa shape index (κ1) is 15.0. The topological polar surface area (TPSA) is 64.9 Å². The molecule has 4 nitrogen and oxygen atoms in total. The van der Waals surface area contributed by atoms with Crippen molar-refractivity contribution in [1.29, 1.82) is 5.26 Å². The van der Waals surface area contributed by atoms with Gasteiger partial charge in [-0.1, -0.05) is 12.8 Å². The Kier molecular flexibility index (Phi) is 5.15. The number of rotatable bonds is 3. The van der Waals surface area contributed by atoms with Crippen molar-refractivity contribution >= 4 is 5.91 Å². The first-order valence-corrected chi connectivity index (χ1v) is 6.81. The van der Waals surface area contributed by atoms with E-state index in [0.29, 0.717) is 0 Å². The largest absolute Gasteiger partial charge is 0.350 e. The van der Waals surface area contributed by atoms with Crippen molar-refractivity contribution in [1.82, 2.24) is 10.6 Å². The highest BCUT2D eigenvalue weighted by Crippen LogP contribution is 2.24. The van der Waals surface area contributed by atoms with Crippen molar-refractivity contribution < 1.29 is 4.79 Å². The first-order chi connectivity index (χ1) is 8.33. The summed E-state index contributed by atoms with van der Waals surface area (Å²) >= 11 is 0. The molecule has 0 aromatic heterocycles. The summed E-state index contributed by atoms with van der Waals surface area (Å²) in [5, 5.41) is 15.4. The quantitative estimate of drug-likeness (QED) is 0.806. The maximum absolute atomic E-state index is 12.0. The Labute approximate surface area is 110 Å². The summed E-state index contributed by atoms with van der Waals surface area (Å²) in [5.74, 6) is 0.0494. The van der Waals surface area contributed by atoms with E-state index >= 15 is 0 Å². The minimum Gasteiger partial charge on any atom is -0.350 e. The van der Waals surface area contributed by atoms with Crippen molar-refractivity contribution in [3.63, 3.8) is 0 Å². The van der Waals surface area contributed by atoms with Gasteiger partial charge in [0, 0.05) is 11.6 Å². The van der Waals surface area contributed by atoms with Crippen LogP contribution in [0.4, 0.5) is 0 Å². The van der Waals surface area contributed by atoms with Crippen LogP contribution < -0.4 is 10.6 Å². The second kappa shape index (κ2) is 6.19. The molecule has 0 aromatic rings. The van der Waals surface area contributed by atoms with Crippen LogP contribution in [0.15, 0.2) is 0 Å². The Morgan fingerprint density at radius 1 is 1.33 bits per heavy atom. The molecule has 102 valence electrons. The van der Waals surface area contributed by atoms with Crippen LogP contribution in [0.25, 0.3) is 0 Å². The third-order valence-electron chi connectivity index (χ3n) is 3.29. The fourth-order valence-corrected chi connectivity index (χ4v) is 2.36. The van der Waals surface area contributed by atoms with E-state index < -0.39 is 0 Å². The molecule has 1 saturated carbocycles. The highest BCUT2D eigenvalue weighted by atomic mass is 16.2. The molecule has 1 fully saturated rings. The molecule has 18 heavy (non-hydrogen) atoms. The lowest BCUT2D eigenvalue weighted by molar-refractivity contribution is -0.124. The van der Waals surface area contributed by atoms with Crippen LogP contribution in [-0.4, -0.2) is 23.5 Å². The molecule has 3 atom stereocenters. The number of nitrogens with zero attached hydrogens (tertiary/aromatic N) is 1. The van der Waals surface area contributed by atoms with Crippen LogP contribution in [0.1, 0.15) is 53.4 Å². The van der Waals surface area contributed by atoms with E-state index in [4.69, 9.17) is 5.26 Å². The van der Waals surface area contributed by atoms with Crippen LogP contribution in [0, 0.1) is 17.2 Å². The lowest BCUT2D eigenvalue weighted by Crippen LogP contribution is -2.53. The number of nitriles is 1. The molecule has 0 saturated heterocycles. The average molecular weight is 251 g/mol. The molecule has 2 N–H and O–H groups in total. The Hall–Kier alpha value is -1.08. The van der Waals surface area contributed by atoms with E-state index in [1.54, 1.807) is 0 Å². The number of carbonyl (C=O) groups excluding carboxylic acids is 1. The normalized spacial score (nSPS) is 26.2. The zero-order valence-electron chi connectivity index (χ0n) is 11.9. The van der Waals surface area contributed by atoms with Crippen molar-refractivity contribution in [3.05, 3.63) is 0 Å². The number of hydrogen-bond donors (Lipinski definition) is 2. The van der Waals surface area contributed by atoms with Crippen molar-refractivity contribution in [2.45, 2.75) is 71.0 Å². The van der Waals surface area contributed by atoms with Gasteiger partial charge in [0.05, 0.1) is 18.0 Å². The minimum absolute atomic E-state index is 0.00441. The van der Waals surface area contributed by atoms with E-state index in [1.807, 2.05) is 27.7 Å². The van der Waals surface area contributed by atoms with Crippen molar-refractivity contribution in [2.24, 2.45) is 5.92 Å². The van der Waals surface area contributed by atoms with Gasteiger partial charge in [-0.2, -0.15) is 5.26 Å². The highest BCUT2D eigenvalue weighted by Gasteiger charge is 2.28. The Morgan fingerprint density at radius 3 is 2.50 bits per heavy atom. The minimum atomic E-state index is -0.247. The summed E-state index contributed by atoms with van der Waals surface area (Å²) in [6, 6.07) is 2.26. The zero-order valence-corrected chi connectivity index (χ0v) is 11.9. The monoisotopic (exact) mass is 251 g/mol. The van der Waals surface area contributed by atoms with Gasteiger partial charge in [-0.15, -0.1) is 0 Å². The van der Waals surface area contributed by atoms with Crippen LogP contribution in [0.5, 0.6) is 0 Å². The van der Waals surface area contributed by atoms with Gasteiger partial charge in [0.2, 0.25) is 5.91 Å². The second-order valence-corrected chi connectivity index (χ2v) is 6.25. The molecular formula is C14H25N3O. The molecule has 1 rings (SSSR count). The van der Waals surface area contributed by atoms with Crippen LogP contribution in [0.3, 0.4) is 0 Å². The number of nitrogens with one attached hydrogen (secondary N) is 2. The summed E-state index contributed by atoms with van der Waals surface area (Å²) in [7, 11) is 0. The maximum atomic E-state index is 12.0. The molecule has 0 aliphatic heterocycles. The van der Waals surface area contributed by atoms with Crippen molar-refractivity contribution in [2.75, 3.05) is 0 Å². The number of carbonyl (C=O) groups is 1. The van der Waals surface area contributed by atoms with Gasteiger partial charge >= 0.3 is 0 Å². The standard InChI is InChI=1S/C14H25N3O/c1-10(13(18)17-14(2,3)4)16-12-8-6-5-7-11(12)9-15/h10-12,16H,5-8H2,1-4H3,(H,17,18). The third-order valence-corrected chi connectivity index (χ3v) is 3.29. The summed E-state index contributed by atoms with van der Waals surface area (Å²) in [5.41, 5.74) is -0.214. The van der Waals surface area contributed by atoms with Gasteiger partial charge in [-0.3, -0.25) is 4.79 Å². The first-order valence-electron chi connectivity index (χ1n) is 6.81. The molecule has 0 spiro atoms. The van der Waals surface area contributed by atoms with E-state index in [1.165, 1.54) is 0 Å². The van der Waals surface area contributed by atoms with Gasteiger partial charge in [0.25, 0.3) is 0 Å². The Morgan fingerprint density at radius 2 is 1.94 bits per heavy atom. The van der Waals surface area contributed by atoms with Crippen LogP contribution in [0.2, 0.25) is 0 Å². The smallest absolute Gasteiger partial charge is 0.237 e. The Bertz CT molecular complexity index is 327. The molecule has 3 unspecified atom stereocenters. The molecule has 1 aliphatic rings. The fourth-order valence-electron chi connectivity index (χ4n) is 2.36. The Balaban J connectivity index is 2.50. The van der Waals surface area contributed by atoms with Crippen molar-refractivity contribution in [3.8, 4) is 6.07 Å². The molecule has 0 heterocycles. The van der Waals surface area contributed by atoms with E-state index in [9.17, 15) is 4.79 Å². The number of amides is 1. The highest BCUT2D eigenvalue weighted by molar-refractivity contribution is 5.81. The SMILES string of the molecule is CC(NC1CCCCC1C#N)C(=O)NC(C)(C)C. The predicted octanol–water partition coefficient (Wildman–Crippen LogP) is 1.96.